The number of nitrogens with two attached hydrogens (primary N) is 2. The SMILES string of the molecule is NC(=O)Nc1ccc(NC2CCC(N)C2)cc1. The van der Waals surface area contributed by atoms with Gasteiger partial charge in [0.2, 0.25) is 0 Å². The van der Waals surface area contributed by atoms with Gasteiger partial charge in [-0.15, -0.1) is 0 Å². The number of carbonyl (C=O) groups is 1. The third-order valence-corrected chi connectivity index (χ3v) is 3.00. The van der Waals surface area contributed by atoms with Crippen molar-refractivity contribution in [2.75, 3.05) is 10.6 Å². The maximum Gasteiger partial charge on any atom is 0.316 e. The van der Waals surface area contributed by atoms with Gasteiger partial charge in [0.25, 0.3) is 0 Å². The summed E-state index contributed by atoms with van der Waals surface area (Å²) in [5, 5.41) is 5.95. The zero-order valence-corrected chi connectivity index (χ0v) is 9.65. The monoisotopic (exact) mass is 234 g/mol. The van der Waals surface area contributed by atoms with E-state index in [1.807, 2.05) is 24.3 Å². The molecule has 1 aliphatic rings. The van der Waals surface area contributed by atoms with Crippen LogP contribution >= 0.6 is 0 Å². The normalized spacial score (nSPS) is 23.4. The van der Waals surface area contributed by atoms with Gasteiger partial charge in [0.05, 0.1) is 0 Å². The molecule has 0 heterocycles. The van der Waals surface area contributed by atoms with Crippen LogP contribution in [-0.4, -0.2) is 18.1 Å². The average molecular weight is 234 g/mol. The molecule has 1 saturated carbocycles. The Balaban J connectivity index is 1.91. The van der Waals surface area contributed by atoms with E-state index in [4.69, 9.17) is 11.5 Å². The summed E-state index contributed by atoms with van der Waals surface area (Å²) in [4.78, 5) is 10.7. The molecule has 1 aromatic rings. The molecule has 2 unspecified atom stereocenters. The highest BCUT2D eigenvalue weighted by Crippen LogP contribution is 2.22. The zero-order chi connectivity index (χ0) is 12.3. The average Bonchev–Trinajstić information content (AvgIpc) is 2.66. The maximum absolute atomic E-state index is 10.7. The number of carbonyl (C=O) groups excluding carboxylic acids is 1. The lowest BCUT2D eigenvalue weighted by Gasteiger charge is -2.14. The summed E-state index contributed by atoms with van der Waals surface area (Å²) in [6, 6.07) is 7.73. The van der Waals surface area contributed by atoms with Crippen LogP contribution in [0.5, 0.6) is 0 Å². The minimum absolute atomic E-state index is 0.323. The van der Waals surface area contributed by atoms with E-state index in [2.05, 4.69) is 10.6 Å². The molecular formula is C12H18N4O. The number of benzene rings is 1. The van der Waals surface area contributed by atoms with E-state index < -0.39 is 6.03 Å². The summed E-state index contributed by atoms with van der Waals surface area (Å²) in [5.41, 5.74) is 12.6. The van der Waals surface area contributed by atoms with Gasteiger partial charge in [-0.05, 0) is 43.5 Å². The summed E-state index contributed by atoms with van der Waals surface area (Å²) in [6.07, 6.45) is 3.21. The molecule has 92 valence electrons. The molecule has 2 amide bonds. The van der Waals surface area contributed by atoms with Crippen LogP contribution in [0.15, 0.2) is 24.3 Å². The van der Waals surface area contributed by atoms with E-state index in [0.29, 0.717) is 17.8 Å². The van der Waals surface area contributed by atoms with Crippen molar-refractivity contribution in [2.24, 2.45) is 11.5 Å². The second-order valence-corrected chi connectivity index (χ2v) is 4.48. The van der Waals surface area contributed by atoms with Crippen LogP contribution in [0.25, 0.3) is 0 Å². The van der Waals surface area contributed by atoms with Crippen LogP contribution in [0.2, 0.25) is 0 Å². The second kappa shape index (κ2) is 5.05. The van der Waals surface area contributed by atoms with E-state index in [0.717, 1.165) is 24.9 Å². The van der Waals surface area contributed by atoms with Crippen LogP contribution < -0.4 is 22.1 Å². The van der Waals surface area contributed by atoms with Crippen LogP contribution in [-0.2, 0) is 0 Å². The first-order valence-corrected chi connectivity index (χ1v) is 5.82. The second-order valence-electron chi connectivity index (χ2n) is 4.48. The molecule has 6 N–H and O–H groups in total. The Kier molecular flexibility index (Phi) is 3.49. The first-order chi connectivity index (χ1) is 8.13. The summed E-state index contributed by atoms with van der Waals surface area (Å²) >= 11 is 0. The van der Waals surface area contributed by atoms with Gasteiger partial charge in [-0.25, -0.2) is 4.79 Å². The lowest BCUT2D eigenvalue weighted by molar-refractivity contribution is 0.259. The molecule has 0 aromatic heterocycles. The number of nitrogens with one attached hydrogen (secondary N) is 2. The fourth-order valence-corrected chi connectivity index (χ4v) is 2.18. The van der Waals surface area contributed by atoms with Crippen molar-refractivity contribution in [1.29, 1.82) is 0 Å². The van der Waals surface area contributed by atoms with Crippen molar-refractivity contribution < 1.29 is 4.79 Å². The molecule has 1 fully saturated rings. The van der Waals surface area contributed by atoms with Crippen molar-refractivity contribution in [3.05, 3.63) is 24.3 Å². The lowest BCUT2D eigenvalue weighted by atomic mass is 10.2. The number of anilines is 2. The Labute approximate surface area is 101 Å². The highest BCUT2D eigenvalue weighted by Gasteiger charge is 2.21. The Morgan fingerprint density at radius 2 is 1.82 bits per heavy atom. The smallest absolute Gasteiger partial charge is 0.316 e. The number of hydrogen-bond acceptors (Lipinski definition) is 3. The van der Waals surface area contributed by atoms with E-state index >= 15 is 0 Å². The van der Waals surface area contributed by atoms with Gasteiger partial charge < -0.3 is 22.1 Å². The first kappa shape index (κ1) is 11.7. The third kappa shape index (κ3) is 3.35. The van der Waals surface area contributed by atoms with Gasteiger partial charge in [-0.3, -0.25) is 0 Å². The molecular weight excluding hydrogens is 216 g/mol. The highest BCUT2D eigenvalue weighted by atomic mass is 16.2. The topological polar surface area (TPSA) is 93.2 Å². The summed E-state index contributed by atoms with van der Waals surface area (Å²) in [7, 11) is 0. The molecule has 1 aliphatic carbocycles. The van der Waals surface area contributed by atoms with Crippen LogP contribution in [0.4, 0.5) is 16.2 Å². The number of urea groups is 1. The fourth-order valence-electron chi connectivity index (χ4n) is 2.18. The van der Waals surface area contributed by atoms with Gasteiger partial charge in [0.1, 0.15) is 0 Å². The van der Waals surface area contributed by atoms with Crippen LogP contribution in [0, 0.1) is 0 Å². The molecule has 0 aliphatic heterocycles. The third-order valence-electron chi connectivity index (χ3n) is 3.00. The van der Waals surface area contributed by atoms with E-state index in [-0.39, 0.29) is 0 Å². The van der Waals surface area contributed by atoms with E-state index in [1.54, 1.807) is 0 Å². The van der Waals surface area contributed by atoms with Crippen LogP contribution in [0.3, 0.4) is 0 Å². The molecule has 1 aromatic carbocycles. The molecule has 0 spiro atoms. The molecule has 2 rings (SSSR count). The molecule has 0 bridgehead atoms. The number of primary amides is 1. The van der Waals surface area contributed by atoms with Gasteiger partial charge >= 0.3 is 6.03 Å². The van der Waals surface area contributed by atoms with Gasteiger partial charge in [-0.1, -0.05) is 0 Å². The van der Waals surface area contributed by atoms with Crippen molar-refractivity contribution in [3.8, 4) is 0 Å². The Hall–Kier alpha value is -1.75. The molecule has 2 atom stereocenters. The molecule has 0 radical (unpaired) electrons. The molecule has 5 nitrogen and oxygen atoms in total. The lowest BCUT2D eigenvalue weighted by Crippen LogP contribution is -2.21. The van der Waals surface area contributed by atoms with E-state index in [9.17, 15) is 4.79 Å². The Bertz CT molecular complexity index is 390. The van der Waals surface area contributed by atoms with E-state index in [1.165, 1.54) is 0 Å². The molecule has 5 heteroatoms. The van der Waals surface area contributed by atoms with Gasteiger partial charge in [-0.2, -0.15) is 0 Å². The predicted molar refractivity (Wildman–Crippen MR) is 68.9 cm³/mol. The number of rotatable bonds is 3. The summed E-state index contributed by atoms with van der Waals surface area (Å²) in [6.45, 7) is 0. The predicted octanol–water partition coefficient (Wildman–Crippen LogP) is 1.47. The maximum atomic E-state index is 10.7. The number of amides is 2. The zero-order valence-electron chi connectivity index (χ0n) is 9.65. The summed E-state index contributed by atoms with van der Waals surface area (Å²) in [5.74, 6) is 0. The standard InChI is InChI=1S/C12H18N4O/c13-8-1-2-11(7-8)15-9-3-5-10(6-4-9)16-12(14)17/h3-6,8,11,15H,1-2,7,13H2,(H3,14,16,17). The molecule has 0 saturated heterocycles. The summed E-state index contributed by atoms with van der Waals surface area (Å²) < 4.78 is 0. The van der Waals surface area contributed by atoms with Crippen molar-refractivity contribution in [2.45, 2.75) is 31.3 Å². The fraction of sp³-hybridized carbons (Fsp3) is 0.417. The van der Waals surface area contributed by atoms with Gasteiger partial charge in [0.15, 0.2) is 0 Å². The first-order valence-electron chi connectivity index (χ1n) is 5.82. The number of hydrogen-bond donors (Lipinski definition) is 4. The minimum atomic E-state index is -0.549. The Morgan fingerprint density at radius 1 is 1.18 bits per heavy atom. The van der Waals surface area contributed by atoms with Crippen molar-refractivity contribution in [3.63, 3.8) is 0 Å². The van der Waals surface area contributed by atoms with Gasteiger partial charge in [0, 0.05) is 23.5 Å². The minimum Gasteiger partial charge on any atom is -0.382 e. The highest BCUT2D eigenvalue weighted by molar-refractivity contribution is 5.87. The quantitative estimate of drug-likeness (QED) is 0.638. The van der Waals surface area contributed by atoms with Crippen molar-refractivity contribution in [1.82, 2.24) is 0 Å². The van der Waals surface area contributed by atoms with Crippen LogP contribution in [0.1, 0.15) is 19.3 Å². The Morgan fingerprint density at radius 3 is 2.35 bits per heavy atom. The molecule has 17 heavy (non-hydrogen) atoms. The largest absolute Gasteiger partial charge is 0.382 e. The van der Waals surface area contributed by atoms with Crippen molar-refractivity contribution >= 4 is 17.4 Å².